The average Bonchev–Trinajstić information content (AvgIpc) is 3.11. The number of para-hydroxylation sites is 2. The molecular weight excluding hydrogens is 380 g/mol. The molecule has 0 aliphatic carbocycles. The summed E-state index contributed by atoms with van der Waals surface area (Å²) in [6.07, 6.45) is -2.73. The Labute approximate surface area is 165 Å². The Hall–Kier alpha value is -2.85. The molecule has 0 spiro atoms. The second-order valence-electron chi connectivity index (χ2n) is 7.11. The lowest BCUT2D eigenvalue weighted by Crippen LogP contribution is -2.51. The molecule has 0 amide bonds. The number of nitrogens with one attached hydrogen (secondary N) is 2. The number of hydrogen-bond donors (Lipinski definition) is 2. The van der Waals surface area contributed by atoms with Crippen LogP contribution in [0.3, 0.4) is 0 Å². The van der Waals surface area contributed by atoms with Crippen molar-refractivity contribution in [1.82, 2.24) is 24.8 Å². The molecule has 2 aromatic heterocycles. The van der Waals surface area contributed by atoms with Crippen LogP contribution in [0.5, 0.6) is 0 Å². The lowest BCUT2D eigenvalue weighted by Gasteiger charge is -2.30. The van der Waals surface area contributed by atoms with E-state index in [1.807, 2.05) is 4.90 Å². The lowest BCUT2D eigenvalue weighted by molar-refractivity contribution is 0.122. The van der Waals surface area contributed by atoms with E-state index in [9.17, 15) is 8.78 Å². The summed E-state index contributed by atoms with van der Waals surface area (Å²) in [7, 11) is 0. The van der Waals surface area contributed by atoms with E-state index in [4.69, 9.17) is 4.74 Å². The SMILES string of the molecule is FC(F)c1nc2ccccc2n1-c1cc(NC2CNC2)nc(N2CCOCC2)n1. The predicted octanol–water partition coefficient (Wildman–Crippen LogP) is 1.97. The number of nitrogens with zero attached hydrogens (tertiary/aromatic N) is 5. The van der Waals surface area contributed by atoms with E-state index >= 15 is 0 Å². The van der Waals surface area contributed by atoms with Crippen LogP contribution in [0.1, 0.15) is 12.2 Å². The van der Waals surface area contributed by atoms with Crippen LogP contribution in [-0.4, -0.2) is 65.0 Å². The first-order chi connectivity index (χ1) is 14.2. The molecule has 1 aromatic carbocycles. The van der Waals surface area contributed by atoms with Crippen LogP contribution in [0.4, 0.5) is 20.5 Å². The van der Waals surface area contributed by atoms with Crippen LogP contribution < -0.4 is 15.5 Å². The summed E-state index contributed by atoms with van der Waals surface area (Å²) in [6, 6.07) is 9.05. The van der Waals surface area contributed by atoms with Gasteiger partial charge in [0.1, 0.15) is 11.6 Å². The molecule has 2 saturated heterocycles. The first-order valence-electron chi connectivity index (χ1n) is 9.64. The Kier molecular flexibility index (Phi) is 4.72. The predicted molar refractivity (Wildman–Crippen MR) is 105 cm³/mol. The van der Waals surface area contributed by atoms with Gasteiger partial charge in [0.25, 0.3) is 6.43 Å². The van der Waals surface area contributed by atoms with Crippen LogP contribution in [-0.2, 0) is 4.74 Å². The van der Waals surface area contributed by atoms with E-state index in [0.717, 1.165) is 13.1 Å². The minimum absolute atomic E-state index is 0.254. The van der Waals surface area contributed by atoms with E-state index in [-0.39, 0.29) is 11.9 Å². The number of morpholine rings is 1. The normalized spacial score (nSPS) is 17.7. The number of hydrogen-bond acceptors (Lipinski definition) is 7. The summed E-state index contributed by atoms with van der Waals surface area (Å²) < 4.78 is 34.5. The zero-order chi connectivity index (χ0) is 19.8. The van der Waals surface area contributed by atoms with Gasteiger partial charge < -0.3 is 20.3 Å². The van der Waals surface area contributed by atoms with E-state index in [1.165, 1.54) is 4.57 Å². The molecule has 0 saturated carbocycles. The van der Waals surface area contributed by atoms with Crippen molar-refractivity contribution in [2.75, 3.05) is 49.6 Å². The van der Waals surface area contributed by atoms with Crippen molar-refractivity contribution in [2.45, 2.75) is 12.5 Å². The number of anilines is 2. The smallest absolute Gasteiger partial charge is 0.296 e. The van der Waals surface area contributed by atoms with Crippen LogP contribution in [0.2, 0.25) is 0 Å². The van der Waals surface area contributed by atoms with Gasteiger partial charge in [-0.05, 0) is 12.1 Å². The van der Waals surface area contributed by atoms with Gasteiger partial charge in [-0.3, -0.25) is 4.57 Å². The third kappa shape index (κ3) is 3.49. The molecule has 2 aliphatic rings. The molecule has 2 fully saturated rings. The highest BCUT2D eigenvalue weighted by molar-refractivity contribution is 5.78. The standard InChI is InChI=1S/C19H21F2N7O/c20-17(21)18-24-13-3-1-2-4-14(13)28(18)16-9-15(23-12-10-22-11-12)25-19(26-16)27-5-7-29-8-6-27/h1-4,9,12,17,22H,5-8,10-11H2,(H,23,25,26). The van der Waals surface area contributed by atoms with Crippen LogP contribution in [0.25, 0.3) is 16.9 Å². The topological polar surface area (TPSA) is 80.1 Å². The number of imidazole rings is 1. The van der Waals surface area contributed by atoms with Crippen molar-refractivity contribution in [3.05, 3.63) is 36.2 Å². The fraction of sp³-hybridized carbons (Fsp3) is 0.421. The Bertz CT molecular complexity index is 1010. The van der Waals surface area contributed by atoms with Crippen molar-refractivity contribution in [2.24, 2.45) is 0 Å². The number of aromatic nitrogens is 4. The van der Waals surface area contributed by atoms with Gasteiger partial charge in [0.15, 0.2) is 5.82 Å². The van der Waals surface area contributed by atoms with Gasteiger partial charge >= 0.3 is 0 Å². The summed E-state index contributed by atoms with van der Waals surface area (Å²) >= 11 is 0. The highest BCUT2D eigenvalue weighted by Gasteiger charge is 2.24. The summed E-state index contributed by atoms with van der Waals surface area (Å²) in [5.41, 5.74) is 1.10. The Morgan fingerprint density at radius 3 is 2.62 bits per heavy atom. The van der Waals surface area contributed by atoms with Crippen molar-refractivity contribution < 1.29 is 13.5 Å². The maximum Gasteiger partial charge on any atom is 0.296 e. The number of halogens is 2. The lowest BCUT2D eigenvalue weighted by atomic mass is 10.2. The minimum atomic E-state index is -2.73. The second-order valence-corrected chi connectivity index (χ2v) is 7.11. The number of fused-ring (bicyclic) bond motifs is 1. The zero-order valence-corrected chi connectivity index (χ0v) is 15.7. The third-order valence-corrected chi connectivity index (χ3v) is 5.14. The highest BCUT2D eigenvalue weighted by atomic mass is 19.3. The Balaban J connectivity index is 1.64. The molecule has 5 rings (SSSR count). The van der Waals surface area contributed by atoms with E-state index in [2.05, 4.69) is 25.6 Å². The fourth-order valence-corrected chi connectivity index (χ4v) is 3.55. The first-order valence-corrected chi connectivity index (χ1v) is 9.64. The molecule has 0 radical (unpaired) electrons. The zero-order valence-electron chi connectivity index (χ0n) is 15.7. The molecule has 10 heteroatoms. The van der Waals surface area contributed by atoms with Gasteiger partial charge in [0.2, 0.25) is 5.95 Å². The van der Waals surface area contributed by atoms with Crippen molar-refractivity contribution in [3.63, 3.8) is 0 Å². The molecule has 3 aromatic rings. The Morgan fingerprint density at radius 1 is 1.10 bits per heavy atom. The number of ether oxygens (including phenoxy) is 1. The second kappa shape index (κ2) is 7.53. The number of alkyl halides is 2. The molecular formula is C19H21F2N7O. The van der Waals surface area contributed by atoms with Crippen molar-refractivity contribution >= 4 is 22.8 Å². The minimum Gasteiger partial charge on any atom is -0.378 e. The maximum absolute atomic E-state index is 13.8. The molecule has 0 atom stereocenters. The van der Waals surface area contributed by atoms with Crippen LogP contribution >= 0.6 is 0 Å². The largest absolute Gasteiger partial charge is 0.378 e. The monoisotopic (exact) mass is 401 g/mol. The van der Waals surface area contributed by atoms with E-state index < -0.39 is 6.43 Å². The molecule has 2 aliphatic heterocycles. The van der Waals surface area contributed by atoms with Crippen molar-refractivity contribution in [1.29, 1.82) is 0 Å². The first kappa shape index (κ1) is 18.2. The number of benzene rings is 1. The van der Waals surface area contributed by atoms with Crippen molar-refractivity contribution in [3.8, 4) is 5.82 Å². The quantitative estimate of drug-likeness (QED) is 0.677. The van der Waals surface area contributed by atoms with E-state index in [0.29, 0.717) is 54.9 Å². The molecule has 8 nitrogen and oxygen atoms in total. The summed E-state index contributed by atoms with van der Waals surface area (Å²) in [4.78, 5) is 15.4. The molecule has 0 unspecified atom stereocenters. The van der Waals surface area contributed by atoms with Crippen LogP contribution in [0.15, 0.2) is 30.3 Å². The molecule has 0 bridgehead atoms. The molecule has 2 N–H and O–H groups in total. The van der Waals surface area contributed by atoms with Gasteiger partial charge in [0.05, 0.1) is 30.3 Å². The van der Waals surface area contributed by atoms with Gasteiger partial charge in [0, 0.05) is 32.2 Å². The Morgan fingerprint density at radius 2 is 1.90 bits per heavy atom. The summed E-state index contributed by atoms with van der Waals surface area (Å²) in [5.74, 6) is 1.16. The van der Waals surface area contributed by atoms with Gasteiger partial charge in [-0.15, -0.1) is 0 Å². The van der Waals surface area contributed by atoms with E-state index in [1.54, 1.807) is 30.3 Å². The summed E-state index contributed by atoms with van der Waals surface area (Å²) in [6.45, 7) is 4.14. The third-order valence-electron chi connectivity index (χ3n) is 5.14. The average molecular weight is 401 g/mol. The fourth-order valence-electron chi connectivity index (χ4n) is 3.55. The number of rotatable bonds is 5. The molecule has 152 valence electrons. The van der Waals surface area contributed by atoms with Gasteiger partial charge in [-0.25, -0.2) is 13.8 Å². The van der Waals surface area contributed by atoms with Gasteiger partial charge in [-0.1, -0.05) is 12.1 Å². The summed E-state index contributed by atoms with van der Waals surface area (Å²) in [5, 5.41) is 6.57. The van der Waals surface area contributed by atoms with Crippen LogP contribution in [0, 0.1) is 0 Å². The maximum atomic E-state index is 13.8. The highest BCUT2D eigenvalue weighted by Crippen LogP contribution is 2.29. The van der Waals surface area contributed by atoms with Gasteiger partial charge in [-0.2, -0.15) is 9.97 Å². The molecule has 29 heavy (non-hydrogen) atoms. The molecule has 4 heterocycles.